The van der Waals surface area contributed by atoms with Crippen molar-refractivity contribution in [3.8, 4) is 16.9 Å². The summed E-state index contributed by atoms with van der Waals surface area (Å²) in [7, 11) is 0. The van der Waals surface area contributed by atoms with Gasteiger partial charge in [-0.1, -0.05) is 48.5 Å². The van der Waals surface area contributed by atoms with Crippen molar-refractivity contribution >= 4 is 23.0 Å². The van der Waals surface area contributed by atoms with E-state index in [1.165, 1.54) is 6.33 Å². The van der Waals surface area contributed by atoms with Gasteiger partial charge in [0.05, 0.1) is 11.1 Å². The van der Waals surface area contributed by atoms with Gasteiger partial charge in [0.1, 0.15) is 30.8 Å². The summed E-state index contributed by atoms with van der Waals surface area (Å²) >= 11 is 0. The van der Waals surface area contributed by atoms with Crippen molar-refractivity contribution in [1.82, 2.24) is 9.97 Å². The van der Waals surface area contributed by atoms with Gasteiger partial charge in [-0.3, -0.25) is 4.79 Å². The number of aromatic nitrogens is 2. The van der Waals surface area contributed by atoms with E-state index in [2.05, 4.69) is 9.97 Å². The molecule has 4 rings (SSSR count). The van der Waals surface area contributed by atoms with Gasteiger partial charge in [-0.2, -0.15) is 0 Å². The van der Waals surface area contributed by atoms with Crippen LogP contribution in [-0.2, 0) is 6.61 Å². The van der Waals surface area contributed by atoms with Crippen LogP contribution in [0.15, 0.2) is 73.1 Å². The van der Waals surface area contributed by atoms with Crippen LogP contribution in [0.2, 0.25) is 0 Å². The van der Waals surface area contributed by atoms with E-state index in [0.717, 1.165) is 28.4 Å². The molecule has 3 aromatic carbocycles. The second-order valence-corrected chi connectivity index (χ2v) is 6.11. The minimum atomic E-state index is 0.405. The first-order valence-corrected chi connectivity index (χ1v) is 8.52. The summed E-state index contributed by atoms with van der Waals surface area (Å²) in [4.78, 5) is 19.7. The van der Waals surface area contributed by atoms with Crippen molar-refractivity contribution in [2.24, 2.45) is 0 Å². The Bertz CT molecular complexity index is 1110. The summed E-state index contributed by atoms with van der Waals surface area (Å²) in [5, 5.41) is 0.746. The van der Waals surface area contributed by atoms with Gasteiger partial charge < -0.3 is 10.5 Å². The molecule has 27 heavy (non-hydrogen) atoms. The Morgan fingerprint density at radius 2 is 1.81 bits per heavy atom. The average Bonchev–Trinajstić information content (AvgIpc) is 2.73. The maximum Gasteiger partial charge on any atom is 0.150 e. The fourth-order valence-electron chi connectivity index (χ4n) is 3.03. The summed E-state index contributed by atoms with van der Waals surface area (Å²) in [6.45, 7) is 0.424. The van der Waals surface area contributed by atoms with E-state index in [1.54, 1.807) is 6.07 Å². The number of rotatable bonds is 5. The highest BCUT2D eigenvalue weighted by Crippen LogP contribution is 2.37. The molecule has 0 spiro atoms. The van der Waals surface area contributed by atoms with Crippen LogP contribution in [0.3, 0.4) is 0 Å². The van der Waals surface area contributed by atoms with E-state index < -0.39 is 0 Å². The highest BCUT2D eigenvalue weighted by molar-refractivity contribution is 6.01. The molecule has 0 bridgehead atoms. The van der Waals surface area contributed by atoms with Crippen LogP contribution in [0.25, 0.3) is 22.0 Å². The third-order valence-electron chi connectivity index (χ3n) is 4.35. The second kappa shape index (κ2) is 7.25. The fraction of sp³-hybridized carbons (Fsp3) is 0.0455. The molecule has 0 saturated carbocycles. The maximum atomic E-state index is 11.2. The zero-order valence-corrected chi connectivity index (χ0v) is 14.5. The van der Waals surface area contributed by atoms with Crippen LogP contribution in [0, 0.1) is 0 Å². The van der Waals surface area contributed by atoms with Crippen LogP contribution >= 0.6 is 0 Å². The Hall–Kier alpha value is -3.73. The van der Waals surface area contributed by atoms with E-state index in [9.17, 15) is 4.79 Å². The predicted octanol–water partition coefficient (Wildman–Crippen LogP) is 4.27. The molecular weight excluding hydrogens is 338 g/mol. The molecule has 0 saturated heterocycles. The highest BCUT2D eigenvalue weighted by atomic mass is 16.5. The minimum Gasteiger partial charge on any atom is -0.488 e. The van der Waals surface area contributed by atoms with Gasteiger partial charge in [0.25, 0.3) is 0 Å². The SMILES string of the molecule is Nc1ncnc2c(-c3cccc(C=O)c3)c(OCc3ccccc3)ccc12. The van der Waals surface area contributed by atoms with E-state index in [0.29, 0.717) is 29.3 Å². The zero-order chi connectivity index (χ0) is 18.6. The molecule has 0 amide bonds. The van der Waals surface area contributed by atoms with Gasteiger partial charge in [-0.25, -0.2) is 9.97 Å². The first-order valence-electron chi connectivity index (χ1n) is 8.52. The molecule has 0 aliphatic heterocycles. The Balaban J connectivity index is 1.86. The van der Waals surface area contributed by atoms with E-state index in [4.69, 9.17) is 10.5 Å². The zero-order valence-electron chi connectivity index (χ0n) is 14.5. The van der Waals surface area contributed by atoms with Crippen LogP contribution < -0.4 is 10.5 Å². The van der Waals surface area contributed by atoms with Crippen molar-refractivity contribution in [2.75, 3.05) is 5.73 Å². The molecular formula is C22H17N3O2. The van der Waals surface area contributed by atoms with Crippen molar-refractivity contribution in [3.05, 3.63) is 84.2 Å². The smallest absolute Gasteiger partial charge is 0.150 e. The van der Waals surface area contributed by atoms with Crippen LogP contribution in [0.4, 0.5) is 5.82 Å². The van der Waals surface area contributed by atoms with Crippen molar-refractivity contribution in [2.45, 2.75) is 6.61 Å². The van der Waals surface area contributed by atoms with Gasteiger partial charge in [-0.05, 0) is 29.3 Å². The average molecular weight is 355 g/mol. The summed E-state index contributed by atoms with van der Waals surface area (Å²) in [5.74, 6) is 1.08. The Kier molecular flexibility index (Phi) is 4.49. The molecule has 5 heteroatoms. The highest BCUT2D eigenvalue weighted by Gasteiger charge is 2.15. The lowest BCUT2D eigenvalue weighted by Gasteiger charge is -2.15. The number of fused-ring (bicyclic) bond motifs is 1. The van der Waals surface area contributed by atoms with Gasteiger partial charge in [0.2, 0.25) is 0 Å². The summed E-state index contributed by atoms with van der Waals surface area (Å²) in [6.07, 6.45) is 2.26. The fourth-order valence-corrected chi connectivity index (χ4v) is 3.03. The molecule has 0 aliphatic carbocycles. The Morgan fingerprint density at radius 1 is 0.963 bits per heavy atom. The standard InChI is InChI=1S/C22H17N3O2/c23-22-18-9-10-19(27-13-15-5-2-1-3-6-15)20(21(18)24-14-25-22)17-8-4-7-16(11-17)12-26/h1-12,14H,13H2,(H2,23,24,25). The molecule has 0 atom stereocenters. The molecule has 0 radical (unpaired) electrons. The molecule has 1 aromatic heterocycles. The van der Waals surface area contributed by atoms with Crippen molar-refractivity contribution < 1.29 is 9.53 Å². The van der Waals surface area contributed by atoms with Crippen LogP contribution in [0.1, 0.15) is 15.9 Å². The molecule has 0 unspecified atom stereocenters. The number of anilines is 1. The molecule has 2 N–H and O–H groups in total. The topological polar surface area (TPSA) is 78.1 Å². The first-order chi connectivity index (χ1) is 13.3. The number of carbonyl (C=O) groups excluding carboxylic acids is 1. The van der Waals surface area contributed by atoms with E-state index in [-0.39, 0.29) is 0 Å². The minimum absolute atomic E-state index is 0.405. The van der Waals surface area contributed by atoms with Crippen molar-refractivity contribution in [1.29, 1.82) is 0 Å². The third kappa shape index (κ3) is 3.35. The Labute approximate surface area is 156 Å². The van der Waals surface area contributed by atoms with Crippen LogP contribution in [-0.4, -0.2) is 16.3 Å². The number of benzene rings is 3. The number of hydrogen-bond acceptors (Lipinski definition) is 5. The van der Waals surface area contributed by atoms with E-state index >= 15 is 0 Å². The lowest BCUT2D eigenvalue weighted by molar-refractivity contribution is 0.112. The van der Waals surface area contributed by atoms with Crippen molar-refractivity contribution in [3.63, 3.8) is 0 Å². The van der Waals surface area contributed by atoms with Gasteiger partial charge in [0.15, 0.2) is 0 Å². The Morgan fingerprint density at radius 3 is 2.63 bits per heavy atom. The molecule has 0 aliphatic rings. The molecule has 132 valence electrons. The molecule has 0 fully saturated rings. The molecule has 1 heterocycles. The quantitative estimate of drug-likeness (QED) is 0.541. The summed E-state index contributed by atoms with van der Waals surface area (Å²) in [5.41, 5.74) is 10.00. The summed E-state index contributed by atoms with van der Waals surface area (Å²) < 4.78 is 6.11. The normalized spacial score (nSPS) is 10.7. The van der Waals surface area contributed by atoms with E-state index in [1.807, 2.05) is 60.7 Å². The number of carbonyl (C=O) groups is 1. The lowest BCUT2D eigenvalue weighted by atomic mass is 9.99. The number of aldehydes is 1. The first kappa shape index (κ1) is 16.7. The molecule has 4 aromatic rings. The number of ether oxygens (including phenoxy) is 1. The third-order valence-corrected chi connectivity index (χ3v) is 4.35. The predicted molar refractivity (Wildman–Crippen MR) is 106 cm³/mol. The lowest BCUT2D eigenvalue weighted by Crippen LogP contribution is -2.00. The van der Waals surface area contributed by atoms with Gasteiger partial charge in [-0.15, -0.1) is 0 Å². The summed E-state index contributed by atoms with van der Waals surface area (Å²) in [6, 6.07) is 21.0. The van der Waals surface area contributed by atoms with Crippen LogP contribution in [0.5, 0.6) is 5.75 Å². The number of nitrogens with two attached hydrogens (primary N) is 1. The second-order valence-electron chi connectivity index (χ2n) is 6.11. The van der Waals surface area contributed by atoms with Gasteiger partial charge >= 0.3 is 0 Å². The van der Waals surface area contributed by atoms with Gasteiger partial charge in [0, 0.05) is 10.9 Å². The number of nitrogens with zero attached hydrogens (tertiary/aromatic N) is 2. The maximum absolute atomic E-state index is 11.2. The number of nitrogen functional groups attached to an aromatic ring is 1. The largest absolute Gasteiger partial charge is 0.488 e. The molecule has 5 nitrogen and oxygen atoms in total. The monoisotopic (exact) mass is 355 g/mol. The number of hydrogen-bond donors (Lipinski definition) is 1.